The van der Waals surface area contributed by atoms with Gasteiger partial charge in [0.25, 0.3) is 0 Å². The summed E-state index contributed by atoms with van der Waals surface area (Å²) in [6.07, 6.45) is 7.12. The van der Waals surface area contributed by atoms with E-state index < -0.39 is 0 Å². The summed E-state index contributed by atoms with van der Waals surface area (Å²) in [4.78, 5) is 0. The van der Waals surface area contributed by atoms with Crippen LogP contribution in [0.3, 0.4) is 0 Å². The highest BCUT2D eigenvalue weighted by molar-refractivity contribution is 5.10. The standard InChI is InChI=1S/C12H19N5/c1-3-5-13-7-11-4-6-17(8-11)9-12-15-14-10-16(12)2/h4,6,8,10,13H,3,5,7,9H2,1-2H3. The molecule has 0 atom stereocenters. The van der Waals surface area contributed by atoms with Crippen LogP contribution in [0.25, 0.3) is 0 Å². The molecule has 0 spiro atoms. The first kappa shape index (κ1) is 11.9. The summed E-state index contributed by atoms with van der Waals surface area (Å²) in [7, 11) is 1.96. The SMILES string of the molecule is CCCNCc1ccn(Cc2nncn2C)c1. The van der Waals surface area contributed by atoms with Crippen molar-refractivity contribution in [3.8, 4) is 0 Å². The minimum absolute atomic E-state index is 0.768. The summed E-state index contributed by atoms with van der Waals surface area (Å²) < 4.78 is 4.07. The number of hydrogen-bond donors (Lipinski definition) is 1. The van der Waals surface area contributed by atoms with Gasteiger partial charge in [-0.3, -0.25) is 0 Å². The lowest BCUT2D eigenvalue weighted by atomic mass is 10.3. The molecule has 2 aromatic rings. The van der Waals surface area contributed by atoms with Gasteiger partial charge >= 0.3 is 0 Å². The molecule has 0 amide bonds. The zero-order chi connectivity index (χ0) is 12.1. The second-order valence-electron chi connectivity index (χ2n) is 4.23. The van der Waals surface area contributed by atoms with E-state index in [1.807, 2.05) is 11.6 Å². The van der Waals surface area contributed by atoms with E-state index in [1.165, 1.54) is 12.0 Å². The molecule has 5 heteroatoms. The topological polar surface area (TPSA) is 47.7 Å². The van der Waals surface area contributed by atoms with Crippen molar-refractivity contribution in [2.75, 3.05) is 6.54 Å². The molecule has 0 saturated carbocycles. The average Bonchev–Trinajstić information content (AvgIpc) is 2.91. The number of rotatable bonds is 6. The maximum Gasteiger partial charge on any atom is 0.152 e. The Morgan fingerprint density at radius 2 is 2.29 bits per heavy atom. The first-order valence-corrected chi connectivity index (χ1v) is 5.98. The Hall–Kier alpha value is -1.62. The molecule has 0 aliphatic carbocycles. The van der Waals surface area contributed by atoms with Gasteiger partial charge in [-0.05, 0) is 24.6 Å². The van der Waals surface area contributed by atoms with Crippen LogP contribution in [0, 0.1) is 0 Å². The minimum Gasteiger partial charge on any atom is -0.346 e. The summed E-state index contributed by atoms with van der Waals surface area (Å²) in [6.45, 7) is 4.94. The third-order valence-electron chi connectivity index (χ3n) is 2.70. The summed E-state index contributed by atoms with van der Waals surface area (Å²) in [5.41, 5.74) is 1.31. The van der Waals surface area contributed by atoms with Gasteiger partial charge < -0.3 is 14.5 Å². The number of aromatic nitrogens is 4. The lowest BCUT2D eigenvalue weighted by Gasteiger charge is -2.02. The van der Waals surface area contributed by atoms with Crippen molar-refractivity contribution >= 4 is 0 Å². The Labute approximate surface area is 101 Å². The second kappa shape index (κ2) is 5.63. The fourth-order valence-electron chi connectivity index (χ4n) is 1.72. The largest absolute Gasteiger partial charge is 0.346 e. The Morgan fingerprint density at radius 1 is 1.41 bits per heavy atom. The van der Waals surface area contributed by atoms with Crippen molar-refractivity contribution in [3.63, 3.8) is 0 Å². The predicted octanol–water partition coefficient (Wildman–Crippen LogP) is 1.16. The maximum atomic E-state index is 4.07. The van der Waals surface area contributed by atoms with Gasteiger partial charge in [0, 0.05) is 26.0 Å². The Morgan fingerprint density at radius 3 is 3.00 bits per heavy atom. The van der Waals surface area contributed by atoms with Gasteiger partial charge in [-0.15, -0.1) is 10.2 Å². The Bertz CT molecular complexity index is 457. The van der Waals surface area contributed by atoms with E-state index in [2.05, 4.69) is 45.5 Å². The molecule has 0 fully saturated rings. The molecule has 0 aliphatic rings. The molecule has 0 aliphatic heterocycles. The van der Waals surface area contributed by atoms with Gasteiger partial charge in [0.1, 0.15) is 6.33 Å². The second-order valence-corrected chi connectivity index (χ2v) is 4.23. The lowest BCUT2D eigenvalue weighted by Crippen LogP contribution is -2.13. The summed E-state index contributed by atoms with van der Waals surface area (Å²) in [5, 5.41) is 11.3. The van der Waals surface area contributed by atoms with Crippen LogP contribution in [-0.2, 0) is 20.1 Å². The first-order chi connectivity index (χ1) is 8.29. The zero-order valence-corrected chi connectivity index (χ0v) is 10.4. The lowest BCUT2D eigenvalue weighted by molar-refractivity contribution is 0.668. The number of aryl methyl sites for hydroxylation is 1. The smallest absolute Gasteiger partial charge is 0.152 e. The van der Waals surface area contributed by atoms with Gasteiger partial charge in [-0.2, -0.15) is 0 Å². The molecule has 17 heavy (non-hydrogen) atoms. The van der Waals surface area contributed by atoms with Gasteiger partial charge in [-0.1, -0.05) is 6.92 Å². The van der Waals surface area contributed by atoms with Gasteiger partial charge in [0.2, 0.25) is 0 Å². The van der Waals surface area contributed by atoms with E-state index in [9.17, 15) is 0 Å². The van der Waals surface area contributed by atoms with Crippen molar-refractivity contribution < 1.29 is 0 Å². The van der Waals surface area contributed by atoms with Crippen LogP contribution in [-0.4, -0.2) is 25.9 Å². The van der Waals surface area contributed by atoms with Gasteiger partial charge in [0.05, 0.1) is 6.54 Å². The normalized spacial score (nSPS) is 10.9. The molecule has 92 valence electrons. The highest BCUT2D eigenvalue weighted by Crippen LogP contribution is 2.04. The van der Waals surface area contributed by atoms with Crippen LogP contribution in [0.2, 0.25) is 0 Å². The van der Waals surface area contributed by atoms with E-state index in [-0.39, 0.29) is 0 Å². The minimum atomic E-state index is 0.768. The molecule has 0 aromatic carbocycles. The van der Waals surface area contributed by atoms with Crippen molar-refractivity contribution in [1.29, 1.82) is 0 Å². The molecule has 2 rings (SSSR count). The molecule has 2 heterocycles. The number of hydrogen-bond acceptors (Lipinski definition) is 3. The van der Waals surface area contributed by atoms with Crippen LogP contribution in [0.4, 0.5) is 0 Å². The molecule has 0 radical (unpaired) electrons. The van der Waals surface area contributed by atoms with Gasteiger partial charge in [-0.25, -0.2) is 0 Å². The maximum absolute atomic E-state index is 4.07. The van der Waals surface area contributed by atoms with Crippen molar-refractivity contribution in [2.45, 2.75) is 26.4 Å². The molecule has 0 saturated heterocycles. The van der Waals surface area contributed by atoms with Crippen LogP contribution in [0.15, 0.2) is 24.8 Å². The predicted molar refractivity (Wildman–Crippen MR) is 66.5 cm³/mol. The van der Waals surface area contributed by atoms with E-state index in [4.69, 9.17) is 0 Å². The van der Waals surface area contributed by atoms with Crippen molar-refractivity contribution in [3.05, 3.63) is 36.2 Å². The van der Waals surface area contributed by atoms with Crippen LogP contribution < -0.4 is 5.32 Å². The van der Waals surface area contributed by atoms with E-state index in [1.54, 1.807) is 6.33 Å². The fourth-order valence-corrected chi connectivity index (χ4v) is 1.72. The monoisotopic (exact) mass is 233 g/mol. The number of nitrogens with zero attached hydrogens (tertiary/aromatic N) is 4. The summed E-state index contributed by atoms with van der Waals surface area (Å²) in [6, 6.07) is 2.14. The van der Waals surface area contributed by atoms with Crippen LogP contribution in [0.1, 0.15) is 24.7 Å². The first-order valence-electron chi connectivity index (χ1n) is 5.98. The Balaban J connectivity index is 1.92. The zero-order valence-electron chi connectivity index (χ0n) is 10.4. The Kier molecular flexibility index (Phi) is 3.93. The van der Waals surface area contributed by atoms with Crippen LogP contribution in [0.5, 0.6) is 0 Å². The fraction of sp³-hybridized carbons (Fsp3) is 0.500. The number of nitrogens with one attached hydrogen (secondary N) is 1. The summed E-state index contributed by atoms with van der Waals surface area (Å²) >= 11 is 0. The third kappa shape index (κ3) is 3.17. The quantitative estimate of drug-likeness (QED) is 0.762. The van der Waals surface area contributed by atoms with E-state index in [0.29, 0.717) is 0 Å². The molecule has 0 unspecified atom stereocenters. The average molecular weight is 233 g/mol. The van der Waals surface area contributed by atoms with E-state index in [0.717, 1.165) is 25.5 Å². The van der Waals surface area contributed by atoms with Crippen molar-refractivity contribution in [1.82, 2.24) is 24.6 Å². The molecular weight excluding hydrogens is 214 g/mol. The highest BCUT2D eigenvalue weighted by atomic mass is 15.3. The highest BCUT2D eigenvalue weighted by Gasteiger charge is 2.02. The summed E-state index contributed by atoms with van der Waals surface area (Å²) in [5.74, 6) is 0.966. The van der Waals surface area contributed by atoms with Crippen LogP contribution >= 0.6 is 0 Å². The molecule has 2 aromatic heterocycles. The van der Waals surface area contributed by atoms with Gasteiger partial charge in [0.15, 0.2) is 5.82 Å². The molecule has 0 bridgehead atoms. The molecule has 5 nitrogen and oxygen atoms in total. The molecule has 1 N–H and O–H groups in total. The van der Waals surface area contributed by atoms with E-state index >= 15 is 0 Å². The third-order valence-corrected chi connectivity index (χ3v) is 2.70. The molecular formula is C12H19N5. The van der Waals surface area contributed by atoms with Crippen molar-refractivity contribution in [2.24, 2.45) is 7.05 Å².